The summed E-state index contributed by atoms with van der Waals surface area (Å²) in [5, 5.41) is 3.35. The van der Waals surface area contributed by atoms with Gasteiger partial charge in [-0.15, -0.1) is 0 Å². The Bertz CT molecular complexity index is 1050. The van der Waals surface area contributed by atoms with E-state index in [2.05, 4.69) is 10.3 Å². The Kier molecular flexibility index (Phi) is 5.81. The Morgan fingerprint density at radius 3 is 2.55 bits per heavy atom. The first-order valence-electron chi connectivity index (χ1n) is 8.68. The highest BCUT2D eigenvalue weighted by Gasteiger charge is 2.31. The maximum absolute atomic E-state index is 12.9. The number of benzene rings is 2. The lowest BCUT2D eigenvalue weighted by Crippen LogP contribution is -2.43. The van der Waals surface area contributed by atoms with Crippen molar-refractivity contribution in [2.45, 2.75) is 18.6 Å². The van der Waals surface area contributed by atoms with Crippen molar-refractivity contribution < 1.29 is 27.5 Å². The van der Waals surface area contributed by atoms with E-state index in [0.717, 1.165) is 29.1 Å². The van der Waals surface area contributed by atoms with Crippen LogP contribution in [0.3, 0.4) is 0 Å². The molecule has 0 fully saturated rings. The number of ether oxygens (including phenoxy) is 1. The second-order valence-corrected chi connectivity index (χ2v) is 6.33. The summed E-state index contributed by atoms with van der Waals surface area (Å²) < 4.78 is 43.4. The third-order valence-electron chi connectivity index (χ3n) is 4.31. The normalized spacial score (nSPS) is 12.4. The van der Waals surface area contributed by atoms with Crippen LogP contribution in [0.4, 0.5) is 13.2 Å². The van der Waals surface area contributed by atoms with Crippen LogP contribution in [0.5, 0.6) is 0 Å². The minimum absolute atomic E-state index is 0.0300. The number of alkyl halides is 3. The van der Waals surface area contributed by atoms with E-state index in [1.807, 2.05) is 30.3 Å². The van der Waals surface area contributed by atoms with E-state index in [1.165, 1.54) is 13.2 Å². The van der Waals surface area contributed by atoms with Crippen LogP contribution in [0.1, 0.15) is 21.6 Å². The predicted octanol–water partition coefficient (Wildman–Crippen LogP) is 3.77. The first-order valence-corrected chi connectivity index (χ1v) is 8.68. The molecule has 1 heterocycles. The number of aromatic nitrogens is 1. The standard InChI is InChI=1S/C21H17F3N2O3/c1-29-20(28)18(12-16-10-9-13-5-2-3-8-17(13)25-16)26-19(27)14-6-4-7-15(11-14)21(22,23)24/h2-11,18H,12H2,1H3,(H,26,27)/t18-/m0/s1. The zero-order valence-electron chi connectivity index (χ0n) is 15.4. The number of nitrogens with zero attached hydrogens (tertiary/aromatic N) is 1. The first-order chi connectivity index (χ1) is 13.8. The van der Waals surface area contributed by atoms with Crippen LogP contribution in [-0.4, -0.2) is 30.0 Å². The number of halogens is 3. The molecule has 0 bridgehead atoms. The Morgan fingerprint density at radius 2 is 1.83 bits per heavy atom. The molecule has 0 unspecified atom stereocenters. The molecule has 29 heavy (non-hydrogen) atoms. The average Bonchev–Trinajstić information content (AvgIpc) is 2.72. The summed E-state index contributed by atoms with van der Waals surface area (Å²) in [4.78, 5) is 29.0. The quantitative estimate of drug-likeness (QED) is 0.660. The van der Waals surface area contributed by atoms with E-state index in [-0.39, 0.29) is 12.0 Å². The topological polar surface area (TPSA) is 68.3 Å². The van der Waals surface area contributed by atoms with E-state index < -0.39 is 29.7 Å². The Labute approximate surface area is 164 Å². The molecule has 1 amide bonds. The average molecular weight is 402 g/mol. The summed E-state index contributed by atoms with van der Waals surface area (Å²) in [5.74, 6) is -1.53. The number of rotatable bonds is 5. The zero-order chi connectivity index (χ0) is 21.0. The molecule has 8 heteroatoms. The lowest BCUT2D eigenvalue weighted by Gasteiger charge is -2.17. The third kappa shape index (κ3) is 4.90. The van der Waals surface area contributed by atoms with E-state index in [4.69, 9.17) is 4.74 Å². The number of nitrogens with one attached hydrogen (secondary N) is 1. The Hall–Kier alpha value is -3.42. The van der Waals surface area contributed by atoms with E-state index in [1.54, 1.807) is 6.07 Å². The van der Waals surface area contributed by atoms with E-state index >= 15 is 0 Å². The predicted molar refractivity (Wildman–Crippen MR) is 100 cm³/mol. The molecule has 5 nitrogen and oxygen atoms in total. The Balaban J connectivity index is 1.81. The smallest absolute Gasteiger partial charge is 0.416 e. The molecule has 1 aromatic heterocycles. The molecular formula is C21H17F3N2O3. The molecule has 1 N–H and O–H groups in total. The van der Waals surface area contributed by atoms with E-state index in [9.17, 15) is 22.8 Å². The van der Waals surface area contributed by atoms with Gasteiger partial charge in [-0.1, -0.05) is 30.3 Å². The van der Waals surface area contributed by atoms with Crippen LogP contribution < -0.4 is 5.32 Å². The van der Waals surface area contributed by atoms with Crippen LogP contribution in [0.15, 0.2) is 60.7 Å². The minimum atomic E-state index is -4.58. The van der Waals surface area contributed by atoms with Crippen molar-refractivity contribution >= 4 is 22.8 Å². The number of fused-ring (bicyclic) bond motifs is 1. The van der Waals surface area contributed by atoms with Crippen molar-refractivity contribution in [2.24, 2.45) is 0 Å². The van der Waals surface area contributed by atoms with Gasteiger partial charge in [0, 0.05) is 23.1 Å². The van der Waals surface area contributed by atoms with Gasteiger partial charge < -0.3 is 10.1 Å². The number of hydrogen-bond acceptors (Lipinski definition) is 4. The number of hydrogen-bond donors (Lipinski definition) is 1. The van der Waals surface area contributed by atoms with Gasteiger partial charge in [-0.2, -0.15) is 13.2 Å². The van der Waals surface area contributed by atoms with Crippen molar-refractivity contribution in [2.75, 3.05) is 7.11 Å². The number of amides is 1. The highest BCUT2D eigenvalue weighted by Crippen LogP contribution is 2.29. The molecule has 3 aromatic rings. The molecule has 0 aliphatic heterocycles. The number of methoxy groups -OCH3 is 1. The van der Waals surface area contributed by atoms with Crippen molar-refractivity contribution in [3.05, 3.63) is 77.5 Å². The van der Waals surface area contributed by atoms with Crippen molar-refractivity contribution in [3.63, 3.8) is 0 Å². The van der Waals surface area contributed by atoms with Gasteiger partial charge in [0.05, 0.1) is 18.2 Å². The first kappa shape index (κ1) is 20.3. The molecular weight excluding hydrogens is 385 g/mol. The number of esters is 1. The number of carbonyl (C=O) groups is 2. The van der Waals surface area contributed by atoms with Gasteiger partial charge in [0.15, 0.2) is 0 Å². The summed E-state index contributed by atoms with van der Waals surface area (Å²) >= 11 is 0. The molecule has 0 spiro atoms. The van der Waals surface area contributed by atoms with Crippen LogP contribution in [0, 0.1) is 0 Å². The van der Waals surface area contributed by atoms with Gasteiger partial charge in [-0.05, 0) is 30.3 Å². The largest absolute Gasteiger partial charge is 0.467 e. The molecule has 0 saturated heterocycles. The minimum Gasteiger partial charge on any atom is -0.467 e. The molecule has 3 rings (SSSR count). The number of carbonyl (C=O) groups excluding carboxylic acids is 2. The van der Waals surface area contributed by atoms with Crippen molar-refractivity contribution in [1.82, 2.24) is 10.3 Å². The Morgan fingerprint density at radius 1 is 1.07 bits per heavy atom. The van der Waals surface area contributed by atoms with Gasteiger partial charge in [-0.3, -0.25) is 9.78 Å². The maximum Gasteiger partial charge on any atom is 0.416 e. The van der Waals surface area contributed by atoms with Crippen LogP contribution in [-0.2, 0) is 22.1 Å². The highest BCUT2D eigenvalue weighted by molar-refractivity contribution is 5.97. The van der Waals surface area contributed by atoms with E-state index in [0.29, 0.717) is 5.69 Å². The third-order valence-corrected chi connectivity index (χ3v) is 4.31. The monoisotopic (exact) mass is 402 g/mol. The van der Waals surface area contributed by atoms with Gasteiger partial charge in [-0.25, -0.2) is 4.79 Å². The molecule has 1 atom stereocenters. The second kappa shape index (κ2) is 8.30. The van der Waals surface area contributed by atoms with Gasteiger partial charge >= 0.3 is 12.1 Å². The van der Waals surface area contributed by atoms with Crippen molar-refractivity contribution in [1.29, 1.82) is 0 Å². The fourth-order valence-corrected chi connectivity index (χ4v) is 2.84. The summed E-state index contributed by atoms with van der Waals surface area (Å²) in [6.45, 7) is 0. The highest BCUT2D eigenvalue weighted by atomic mass is 19.4. The summed E-state index contributed by atoms with van der Waals surface area (Å²) in [6, 6.07) is 13.8. The fraction of sp³-hybridized carbons (Fsp3) is 0.190. The van der Waals surface area contributed by atoms with Crippen LogP contribution in [0.25, 0.3) is 10.9 Å². The molecule has 0 saturated carbocycles. The van der Waals surface area contributed by atoms with Crippen LogP contribution in [0.2, 0.25) is 0 Å². The van der Waals surface area contributed by atoms with Gasteiger partial charge in [0.2, 0.25) is 0 Å². The van der Waals surface area contributed by atoms with Crippen LogP contribution >= 0.6 is 0 Å². The molecule has 0 radical (unpaired) electrons. The summed E-state index contributed by atoms with van der Waals surface area (Å²) in [7, 11) is 1.17. The van der Waals surface area contributed by atoms with Crippen molar-refractivity contribution in [3.8, 4) is 0 Å². The fourth-order valence-electron chi connectivity index (χ4n) is 2.84. The SMILES string of the molecule is COC(=O)[C@H](Cc1ccc2ccccc2n1)NC(=O)c1cccc(C(F)(F)F)c1. The van der Waals surface area contributed by atoms with Gasteiger partial charge in [0.1, 0.15) is 6.04 Å². The van der Waals surface area contributed by atoms with Gasteiger partial charge in [0.25, 0.3) is 5.91 Å². The summed E-state index contributed by atoms with van der Waals surface area (Å²) in [6.07, 6.45) is -4.55. The molecule has 0 aliphatic rings. The maximum atomic E-state index is 12.9. The molecule has 2 aromatic carbocycles. The summed E-state index contributed by atoms with van der Waals surface area (Å²) in [5.41, 5.74) is 0.0948. The zero-order valence-corrected chi connectivity index (χ0v) is 15.4. The number of pyridine rings is 1. The number of para-hydroxylation sites is 1. The molecule has 0 aliphatic carbocycles. The lowest BCUT2D eigenvalue weighted by molar-refractivity contribution is -0.143. The molecule has 150 valence electrons. The lowest BCUT2D eigenvalue weighted by atomic mass is 10.1. The second-order valence-electron chi connectivity index (χ2n) is 6.33.